The highest BCUT2D eigenvalue weighted by atomic mass is 32.1. The molecule has 0 radical (unpaired) electrons. The standard InChI is InChI=1S/C10H11NO2S/c1-7-5-13-10(11-7)9(12)4-8-2-3-14-6-8/h2-3,5-6,9,12H,4H2,1H3. The van der Waals surface area contributed by atoms with Gasteiger partial charge in [-0.2, -0.15) is 11.3 Å². The van der Waals surface area contributed by atoms with Crippen LogP contribution in [0.2, 0.25) is 0 Å². The molecule has 0 saturated carbocycles. The number of aryl methyl sites for hydroxylation is 1. The van der Waals surface area contributed by atoms with Crippen molar-refractivity contribution in [3.8, 4) is 0 Å². The summed E-state index contributed by atoms with van der Waals surface area (Å²) in [5.41, 5.74) is 1.91. The average Bonchev–Trinajstić information content (AvgIpc) is 2.75. The van der Waals surface area contributed by atoms with Gasteiger partial charge in [0.25, 0.3) is 0 Å². The molecule has 1 unspecified atom stereocenters. The van der Waals surface area contributed by atoms with E-state index in [1.807, 2.05) is 23.8 Å². The first-order chi connectivity index (χ1) is 6.75. The number of aliphatic hydroxyl groups excluding tert-OH is 1. The molecule has 0 spiro atoms. The fraction of sp³-hybridized carbons (Fsp3) is 0.300. The zero-order valence-electron chi connectivity index (χ0n) is 7.80. The molecular weight excluding hydrogens is 198 g/mol. The normalized spacial score (nSPS) is 13.0. The van der Waals surface area contributed by atoms with E-state index < -0.39 is 6.10 Å². The highest BCUT2D eigenvalue weighted by Gasteiger charge is 2.13. The van der Waals surface area contributed by atoms with Crippen LogP contribution in [0.3, 0.4) is 0 Å². The zero-order chi connectivity index (χ0) is 9.97. The molecule has 0 fully saturated rings. The van der Waals surface area contributed by atoms with Crippen LogP contribution in [0.25, 0.3) is 0 Å². The second-order valence-electron chi connectivity index (χ2n) is 3.18. The summed E-state index contributed by atoms with van der Waals surface area (Å²) in [6, 6.07) is 1.99. The van der Waals surface area contributed by atoms with Gasteiger partial charge >= 0.3 is 0 Å². The van der Waals surface area contributed by atoms with Gasteiger partial charge in [0.2, 0.25) is 5.89 Å². The summed E-state index contributed by atoms with van der Waals surface area (Å²) in [4.78, 5) is 4.08. The molecule has 1 N–H and O–H groups in total. The van der Waals surface area contributed by atoms with Crippen LogP contribution >= 0.6 is 11.3 Å². The van der Waals surface area contributed by atoms with E-state index in [2.05, 4.69) is 4.98 Å². The molecule has 74 valence electrons. The lowest BCUT2D eigenvalue weighted by Gasteiger charge is -2.03. The van der Waals surface area contributed by atoms with Gasteiger partial charge < -0.3 is 9.52 Å². The molecule has 1 atom stereocenters. The molecule has 14 heavy (non-hydrogen) atoms. The van der Waals surface area contributed by atoms with Crippen LogP contribution in [0.4, 0.5) is 0 Å². The second kappa shape index (κ2) is 3.94. The van der Waals surface area contributed by atoms with Crippen molar-refractivity contribution in [2.24, 2.45) is 0 Å². The number of aromatic nitrogens is 1. The molecule has 0 aliphatic rings. The van der Waals surface area contributed by atoms with Gasteiger partial charge in [0.05, 0.1) is 5.69 Å². The van der Waals surface area contributed by atoms with Crippen LogP contribution in [0.5, 0.6) is 0 Å². The highest BCUT2D eigenvalue weighted by molar-refractivity contribution is 7.07. The molecule has 2 rings (SSSR count). The Morgan fingerprint density at radius 3 is 3.07 bits per heavy atom. The fourth-order valence-electron chi connectivity index (χ4n) is 1.24. The van der Waals surface area contributed by atoms with Crippen molar-refractivity contribution < 1.29 is 9.52 Å². The molecule has 2 aromatic rings. The first-order valence-corrected chi connectivity index (χ1v) is 5.31. The van der Waals surface area contributed by atoms with Gasteiger partial charge in [-0.25, -0.2) is 4.98 Å². The Hall–Kier alpha value is -1.13. The van der Waals surface area contributed by atoms with E-state index in [-0.39, 0.29) is 0 Å². The quantitative estimate of drug-likeness (QED) is 0.843. The average molecular weight is 209 g/mol. The van der Waals surface area contributed by atoms with Gasteiger partial charge in [-0.1, -0.05) is 0 Å². The van der Waals surface area contributed by atoms with E-state index >= 15 is 0 Å². The maximum Gasteiger partial charge on any atom is 0.223 e. The Kier molecular flexibility index (Phi) is 2.65. The summed E-state index contributed by atoms with van der Waals surface area (Å²) in [5.74, 6) is 0.397. The summed E-state index contributed by atoms with van der Waals surface area (Å²) in [5, 5.41) is 13.8. The van der Waals surface area contributed by atoms with Crippen LogP contribution in [0, 0.1) is 6.92 Å². The third kappa shape index (κ3) is 2.02. The molecule has 3 nitrogen and oxygen atoms in total. The number of oxazole rings is 1. The van der Waals surface area contributed by atoms with Crippen molar-refractivity contribution >= 4 is 11.3 Å². The summed E-state index contributed by atoms with van der Waals surface area (Å²) >= 11 is 1.62. The van der Waals surface area contributed by atoms with Crippen molar-refractivity contribution in [1.29, 1.82) is 0 Å². The highest BCUT2D eigenvalue weighted by Crippen LogP contribution is 2.18. The number of thiophene rings is 1. The van der Waals surface area contributed by atoms with Gasteiger partial charge in [0.1, 0.15) is 12.4 Å². The van der Waals surface area contributed by atoms with Crippen LogP contribution < -0.4 is 0 Å². The van der Waals surface area contributed by atoms with Gasteiger partial charge in [-0.05, 0) is 29.3 Å². The zero-order valence-corrected chi connectivity index (χ0v) is 8.62. The third-order valence-electron chi connectivity index (χ3n) is 1.93. The van der Waals surface area contributed by atoms with Crippen molar-refractivity contribution in [2.75, 3.05) is 0 Å². The molecule has 0 amide bonds. The van der Waals surface area contributed by atoms with E-state index in [1.165, 1.54) is 0 Å². The monoisotopic (exact) mass is 209 g/mol. The lowest BCUT2D eigenvalue weighted by molar-refractivity contribution is 0.144. The molecule has 2 heterocycles. The summed E-state index contributed by atoms with van der Waals surface area (Å²) in [6.07, 6.45) is 1.47. The minimum absolute atomic E-state index is 0.397. The van der Waals surface area contributed by atoms with Crippen LogP contribution in [0.1, 0.15) is 23.3 Å². The van der Waals surface area contributed by atoms with Gasteiger partial charge in [0.15, 0.2) is 0 Å². The van der Waals surface area contributed by atoms with Crippen molar-refractivity contribution in [2.45, 2.75) is 19.4 Å². The number of rotatable bonds is 3. The molecule has 0 aliphatic heterocycles. The van der Waals surface area contributed by atoms with E-state index in [9.17, 15) is 5.11 Å². The minimum atomic E-state index is -0.640. The maximum atomic E-state index is 9.75. The van der Waals surface area contributed by atoms with Crippen LogP contribution in [-0.4, -0.2) is 10.1 Å². The Balaban J connectivity index is 2.06. The number of nitrogens with zero attached hydrogens (tertiary/aromatic N) is 1. The van der Waals surface area contributed by atoms with Crippen molar-refractivity contribution in [1.82, 2.24) is 4.98 Å². The smallest absolute Gasteiger partial charge is 0.223 e. The second-order valence-corrected chi connectivity index (χ2v) is 3.96. The molecular formula is C10H11NO2S. The number of hydrogen-bond donors (Lipinski definition) is 1. The summed E-state index contributed by atoms with van der Waals surface area (Å²) in [6.45, 7) is 1.84. The van der Waals surface area contributed by atoms with Gasteiger partial charge in [0, 0.05) is 6.42 Å². The van der Waals surface area contributed by atoms with E-state index in [0.29, 0.717) is 12.3 Å². The number of hydrogen-bond acceptors (Lipinski definition) is 4. The largest absolute Gasteiger partial charge is 0.446 e. The van der Waals surface area contributed by atoms with E-state index in [0.717, 1.165) is 11.3 Å². The van der Waals surface area contributed by atoms with Crippen LogP contribution in [0.15, 0.2) is 27.5 Å². The van der Waals surface area contributed by atoms with Crippen LogP contribution in [-0.2, 0) is 6.42 Å². The SMILES string of the molecule is Cc1coc(C(O)Cc2ccsc2)n1. The van der Waals surface area contributed by atoms with E-state index in [1.54, 1.807) is 17.6 Å². The minimum Gasteiger partial charge on any atom is -0.446 e. The van der Waals surface area contributed by atoms with Gasteiger partial charge in [-0.3, -0.25) is 0 Å². The Bertz CT molecular complexity index is 394. The lowest BCUT2D eigenvalue weighted by Crippen LogP contribution is -2.01. The molecule has 0 bridgehead atoms. The molecule has 0 saturated heterocycles. The summed E-state index contributed by atoms with van der Waals surface area (Å²) in [7, 11) is 0. The Morgan fingerprint density at radius 1 is 1.64 bits per heavy atom. The van der Waals surface area contributed by atoms with E-state index in [4.69, 9.17) is 4.42 Å². The first kappa shape index (κ1) is 9.43. The van der Waals surface area contributed by atoms with Gasteiger partial charge in [-0.15, -0.1) is 0 Å². The van der Waals surface area contributed by atoms with Crippen molar-refractivity contribution in [3.05, 3.63) is 40.2 Å². The first-order valence-electron chi connectivity index (χ1n) is 4.37. The predicted octanol–water partition coefficient (Wildman–Crippen LogP) is 2.32. The number of aliphatic hydroxyl groups is 1. The Labute approximate surface area is 86.0 Å². The molecule has 2 aromatic heterocycles. The lowest BCUT2D eigenvalue weighted by atomic mass is 10.1. The molecule has 0 aromatic carbocycles. The topological polar surface area (TPSA) is 46.3 Å². The molecule has 4 heteroatoms. The maximum absolute atomic E-state index is 9.75. The van der Waals surface area contributed by atoms with Crippen molar-refractivity contribution in [3.63, 3.8) is 0 Å². The predicted molar refractivity (Wildman–Crippen MR) is 54.2 cm³/mol. The summed E-state index contributed by atoms with van der Waals surface area (Å²) < 4.78 is 5.12. The molecule has 0 aliphatic carbocycles. The Morgan fingerprint density at radius 2 is 2.50 bits per heavy atom. The fourth-order valence-corrected chi connectivity index (χ4v) is 1.93. The third-order valence-corrected chi connectivity index (χ3v) is 2.66.